The van der Waals surface area contributed by atoms with E-state index in [0.29, 0.717) is 0 Å². The van der Waals surface area contributed by atoms with Gasteiger partial charge in [0.05, 0.1) is 0 Å². The van der Waals surface area contributed by atoms with Crippen molar-refractivity contribution in [2.45, 2.75) is 108 Å². The smallest absolute Gasteiger partial charge is 0.225 e. The van der Waals surface area contributed by atoms with E-state index in [0.717, 1.165) is 12.8 Å². The van der Waals surface area contributed by atoms with Crippen LogP contribution in [-0.2, 0) is 9.59 Å². The molecule has 4 heteroatoms. The summed E-state index contributed by atoms with van der Waals surface area (Å²) < 4.78 is 0. The van der Waals surface area contributed by atoms with Crippen molar-refractivity contribution >= 4 is 11.8 Å². The summed E-state index contributed by atoms with van der Waals surface area (Å²) in [6, 6.07) is 0.161. The first kappa shape index (κ1) is 24.9. The Morgan fingerprint density at radius 1 is 0.692 bits per heavy atom. The number of nitrogens with one attached hydrogen (secondary N) is 2. The predicted molar refractivity (Wildman–Crippen MR) is 111 cm³/mol. The Morgan fingerprint density at radius 2 is 1.12 bits per heavy atom. The molecule has 26 heavy (non-hydrogen) atoms. The minimum absolute atomic E-state index is 0.0385. The molecule has 0 saturated carbocycles. The Hall–Kier alpha value is -1.06. The average molecular weight is 369 g/mol. The minimum Gasteiger partial charge on any atom is -0.353 e. The van der Waals surface area contributed by atoms with Crippen molar-refractivity contribution in [2.75, 3.05) is 0 Å². The largest absolute Gasteiger partial charge is 0.353 e. The number of rotatable bonds is 7. The van der Waals surface area contributed by atoms with Crippen molar-refractivity contribution in [3.05, 3.63) is 0 Å². The summed E-state index contributed by atoms with van der Waals surface area (Å²) in [5.74, 6) is 0.163. The van der Waals surface area contributed by atoms with E-state index in [9.17, 15) is 9.59 Å². The number of hydrogen-bond acceptors (Lipinski definition) is 2. The zero-order chi connectivity index (χ0) is 21.1. The fourth-order valence-electron chi connectivity index (χ4n) is 2.18. The highest BCUT2D eigenvalue weighted by Gasteiger charge is 2.36. The quantitative estimate of drug-likeness (QED) is 0.670. The molecule has 0 heterocycles. The summed E-state index contributed by atoms with van der Waals surface area (Å²) in [6.07, 6.45) is 1.64. The molecule has 0 radical (unpaired) electrons. The van der Waals surface area contributed by atoms with Gasteiger partial charge in [-0.15, -0.1) is 0 Å². The molecule has 0 aliphatic carbocycles. The van der Waals surface area contributed by atoms with Gasteiger partial charge in [-0.25, -0.2) is 0 Å². The van der Waals surface area contributed by atoms with Gasteiger partial charge < -0.3 is 10.6 Å². The molecule has 0 saturated heterocycles. The highest BCUT2D eigenvalue weighted by atomic mass is 16.2. The molecule has 0 rings (SSSR count). The summed E-state index contributed by atoms with van der Waals surface area (Å²) in [5, 5.41) is 6.31. The van der Waals surface area contributed by atoms with Gasteiger partial charge in [0.15, 0.2) is 0 Å². The normalized spacial score (nSPS) is 16.0. The van der Waals surface area contributed by atoms with Crippen LogP contribution in [0.15, 0.2) is 0 Å². The maximum Gasteiger partial charge on any atom is 0.225 e. The summed E-state index contributed by atoms with van der Waals surface area (Å²) in [7, 11) is 0. The van der Waals surface area contributed by atoms with Crippen LogP contribution in [0.3, 0.4) is 0 Å². The van der Waals surface area contributed by atoms with E-state index in [4.69, 9.17) is 0 Å². The molecule has 4 nitrogen and oxygen atoms in total. The molecule has 0 aromatic rings. The Labute approximate surface area is 162 Å². The van der Waals surface area contributed by atoms with Gasteiger partial charge in [-0.1, -0.05) is 69.2 Å². The maximum atomic E-state index is 12.7. The highest BCUT2D eigenvalue weighted by Crippen LogP contribution is 2.34. The molecule has 0 fully saturated rings. The van der Waals surface area contributed by atoms with Gasteiger partial charge in [0.25, 0.3) is 0 Å². The number of amides is 2. The van der Waals surface area contributed by atoms with Gasteiger partial charge in [0.2, 0.25) is 11.8 Å². The Bertz CT molecular complexity index is 493. The Kier molecular flexibility index (Phi) is 7.97. The second-order valence-corrected chi connectivity index (χ2v) is 11.4. The van der Waals surface area contributed by atoms with Crippen molar-refractivity contribution in [3.8, 4) is 0 Å². The summed E-state index contributed by atoms with van der Waals surface area (Å²) in [5.41, 5.74) is -0.887. The van der Waals surface area contributed by atoms with E-state index in [1.807, 2.05) is 34.6 Å². The zero-order valence-corrected chi connectivity index (χ0v) is 19.4. The van der Waals surface area contributed by atoms with Crippen molar-refractivity contribution in [1.29, 1.82) is 0 Å². The van der Waals surface area contributed by atoms with Gasteiger partial charge >= 0.3 is 0 Å². The monoisotopic (exact) mass is 368 g/mol. The van der Waals surface area contributed by atoms with Crippen LogP contribution in [0, 0.1) is 21.7 Å². The Morgan fingerprint density at radius 3 is 1.50 bits per heavy atom. The van der Waals surface area contributed by atoms with Gasteiger partial charge in [-0.3, -0.25) is 9.59 Å². The molecule has 0 unspecified atom stereocenters. The standard InChI is InChI=1S/C22H44N2O2/c1-15(19(3,4)5)23-18(26)22(11,12)14-13-21(9,10)16(2)24-17(25)20(6,7)8/h15-16H,13-14H2,1-12H3,(H,23,26)(H,24,25)/t15-,16+/m1/s1. The lowest BCUT2D eigenvalue weighted by atomic mass is 9.74. The van der Waals surface area contributed by atoms with Gasteiger partial charge in [-0.05, 0) is 37.5 Å². The van der Waals surface area contributed by atoms with Gasteiger partial charge in [-0.2, -0.15) is 0 Å². The molecular formula is C22H44N2O2. The summed E-state index contributed by atoms with van der Waals surface area (Å²) >= 11 is 0. The second kappa shape index (κ2) is 8.31. The molecular weight excluding hydrogens is 324 g/mol. The van der Waals surface area contributed by atoms with E-state index in [1.54, 1.807) is 0 Å². The van der Waals surface area contributed by atoms with Crippen molar-refractivity contribution in [1.82, 2.24) is 10.6 Å². The van der Waals surface area contributed by atoms with Crippen molar-refractivity contribution in [2.24, 2.45) is 21.7 Å². The molecule has 0 aliphatic rings. The van der Waals surface area contributed by atoms with Crippen LogP contribution in [0.2, 0.25) is 0 Å². The molecule has 2 amide bonds. The average Bonchev–Trinajstić information content (AvgIpc) is 2.43. The lowest BCUT2D eigenvalue weighted by Crippen LogP contribution is -2.49. The lowest BCUT2D eigenvalue weighted by Gasteiger charge is -2.37. The van der Waals surface area contributed by atoms with Crippen LogP contribution < -0.4 is 10.6 Å². The van der Waals surface area contributed by atoms with Gasteiger partial charge in [0.1, 0.15) is 0 Å². The lowest BCUT2D eigenvalue weighted by molar-refractivity contribution is -0.132. The molecule has 0 bridgehead atoms. The SMILES string of the molecule is C[C@H](NC(=O)C(C)(C)C)C(C)(C)CCC(C)(C)C(=O)N[C@H](C)C(C)(C)C. The highest BCUT2D eigenvalue weighted by molar-refractivity contribution is 5.82. The van der Waals surface area contributed by atoms with E-state index in [2.05, 4.69) is 59.1 Å². The first-order valence-electron chi connectivity index (χ1n) is 9.92. The van der Waals surface area contributed by atoms with Crippen molar-refractivity contribution < 1.29 is 9.59 Å². The maximum absolute atomic E-state index is 12.7. The molecule has 2 N–H and O–H groups in total. The van der Waals surface area contributed by atoms with Crippen LogP contribution in [0.5, 0.6) is 0 Å². The summed E-state index contributed by atoms with van der Waals surface area (Å²) in [4.78, 5) is 25.0. The first-order valence-corrected chi connectivity index (χ1v) is 9.92. The van der Waals surface area contributed by atoms with Crippen molar-refractivity contribution in [3.63, 3.8) is 0 Å². The van der Waals surface area contributed by atoms with E-state index >= 15 is 0 Å². The molecule has 0 aliphatic heterocycles. The third-order valence-corrected chi connectivity index (χ3v) is 5.86. The van der Waals surface area contributed by atoms with Gasteiger partial charge in [0, 0.05) is 22.9 Å². The molecule has 154 valence electrons. The molecule has 0 spiro atoms. The second-order valence-electron chi connectivity index (χ2n) is 11.4. The summed E-state index contributed by atoms with van der Waals surface area (Å²) in [6.45, 7) is 24.6. The van der Waals surface area contributed by atoms with Crippen LogP contribution in [-0.4, -0.2) is 23.9 Å². The van der Waals surface area contributed by atoms with Crippen LogP contribution >= 0.6 is 0 Å². The van der Waals surface area contributed by atoms with E-state index in [1.165, 1.54) is 0 Å². The zero-order valence-electron chi connectivity index (χ0n) is 19.4. The third kappa shape index (κ3) is 7.67. The third-order valence-electron chi connectivity index (χ3n) is 5.86. The molecule has 2 atom stereocenters. The first-order chi connectivity index (χ1) is 11.3. The minimum atomic E-state index is -0.440. The molecule has 0 aromatic carbocycles. The number of carbonyl (C=O) groups is 2. The topological polar surface area (TPSA) is 58.2 Å². The number of carbonyl (C=O) groups excluding carboxylic acids is 2. The van der Waals surface area contributed by atoms with Crippen LogP contribution in [0.25, 0.3) is 0 Å². The number of hydrogen-bond donors (Lipinski definition) is 2. The fourth-order valence-corrected chi connectivity index (χ4v) is 2.18. The van der Waals surface area contributed by atoms with E-state index < -0.39 is 10.8 Å². The fraction of sp³-hybridized carbons (Fsp3) is 0.909. The predicted octanol–water partition coefficient (Wildman–Crippen LogP) is 4.92. The molecule has 0 aromatic heterocycles. The van der Waals surface area contributed by atoms with E-state index in [-0.39, 0.29) is 34.7 Å². The van der Waals surface area contributed by atoms with Crippen LogP contribution in [0.1, 0.15) is 95.9 Å². The van der Waals surface area contributed by atoms with Crippen LogP contribution in [0.4, 0.5) is 0 Å². The Balaban J connectivity index is 4.86.